The van der Waals surface area contributed by atoms with Crippen molar-refractivity contribution in [1.82, 2.24) is 5.32 Å². The van der Waals surface area contributed by atoms with Crippen LogP contribution in [0.4, 0.5) is 5.00 Å². The van der Waals surface area contributed by atoms with E-state index in [1.165, 1.54) is 16.2 Å². The fourth-order valence-corrected chi connectivity index (χ4v) is 4.96. The minimum atomic E-state index is -0.754. The number of ether oxygens (including phenoxy) is 2. The van der Waals surface area contributed by atoms with Crippen LogP contribution in [0.5, 0.6) is 11.5 Å². The van der Waals surface area contributed by atoms with Gasteiger partial charge >= 0.3 is 0 Å². The molecule has 1 aromatic heterocycles. The average Bonchev–Trinajstić information content (AvgIpc) is 3.03. The molecule has 27 heavy (non-hydrogen) atoms. The Labute approximate surface area is 161 Å². The molecule has 0 fully saturated rings. The molecule has 6 nitrogen and oxygen atoms in total. The standard InChI is InChI=1S/C20H22N2O4S/c1-11-7-8-12-16(9-11)27-20(17(12)19(24)21-2)22-18(23)15-10-25-13-5-3-4-6-14(13)26-15/h3-6,11,15H,7-10H2,1-2H3,(H,21,24)(H,22,23)/t11-,15+/m1/s1. The molecule has 1 aliphatic carbocycles. The second-order valence-corrected chi connectivity index (χ2v) is 8.09. The molecule has 2 aromatic rings. The first-order chi connectivity index (χ1) is 13.1. The highest BCUT2D eigenvalue weighted by molar-refractivity contribution is 7.17. The van der Waals surface area contributed by atoms with Crippen molar-refractivity contribution in [1.29, 1.82) is 0 Å². The van der Waals surface area contributed by atoms with E-state index in [0.29, 0.717) is 28.0 Å². The van der Waals surface area contributed by atoms with Gasteiger partial charge in [-0.3, -0.25) is 9.59 Å². The van der Waals surface area contributed by atoms with Crippen molar-refractivity contribution in [2.45, 2.75) is 32.3 Å². The van der Waals surface area contributed by atoms with Gasteiger partial charge in [-0.2, -0.15) is 0 Å². The summed E-state index contributed by atoms with van der Waals surface area (Å²) < 4.78 is 11.4. The first-order valence-corrected chi connectivity index (χ1v) is 9.94. The Balaban J connectivity index is 1.57. The molecule has 0 radical (unpaired) electrons. The Morgan fingerprint density at radius 3 is 2.78 bits per heavy atom. The lowest BCUT2D eigenvalue weighted by Crippen LogP contribution is -2.40. The first kappa shape index (κ1) is 17.9. The van der Waals surface area contributed by atoms with Crippen molar-refractivity contribution >= 4 is 28.2 Å². The maximum absolute atomic E-state index is 12.8. The van der Waals surface area contributed by atoms with E-state index in [2.05, 4.69) is 17.6 Å². The maximum Gasteiger partial charge on any atom is 0.269 e. The highest BCUT2D eigenvalue weighted by Crippen LogP contribution is 2.40. The lowest BCUT2D eigenvalue weighted by atomic mass is 9.88. The van der Waals surface area contributed by atoms with Crippen LogP contribution in [-0.2, 0) is 17.6 Å². The molecule has 0 saturated carbocycles. The normalized spacial score (nSPS) is 20.5. The second-order valence-electron chi connectivity index (χ2n) is 6.99. The second kappa shape index (κ2) is 7.23. The van der Waals surface area contributed by atoms with Crippen LogP contribution in [0, 0.1) is 5.92 Å². The molecule has 0 unspecified atom stereocenters. The van der Waals surface area contributed by atoms with Crippen molar-refractivity contribution in [3.8, 4) is 11.5 Å². The quantitative estimate of drug-likeness (QED) is 0.850. The van der Waals surface area contributed by atoms with Crippen LogP contribution in [0.2, 0.25) is 0 Å². The lowest BCUT2D eigenvalue weighted by Gasteiger charge is -2.25. The van der Waals surface area contributed by atoms with Crippen LogP contribution in [-0.4, -0.2) is 31.6 Å². The summed E-state index contributed by atoms with van der Waals surface area (Å²) in [6.45, 7) is 2.35. The summed E-state index contributed by atoms with van der Waals surface area (Å²) in [5.41, 5.74) is 1.66. The smallest absolute Gasteiger partial charge is 0.269 e. The number of benzene rings is 1. The summed E-state index contributed by atoms with van der Waals surface area (Å²) in [6, 6.07) is 7.27. The van der Waals surface area contributed by atoms with E-state index in [-0.39, 0.29) is 18.4 Å². The topological polar surface area (TPSA) is 76.7 Å². The Kier molecular flexibility index (Phi) is 4.78. The molecular formula is C20H22N2O4S. The van der Waals surface area contributed by atoms with Gasteiger partial charge in [-0.15, -0.1) is 11.3 Å². The van der Waals surface area contributed by atoms with Gasteiger partial charge in [-0.25, -0.2) is 0 Å². The predicted octanol–water partition coefficient (Wildman–Crippen LogP) is 3.01. The van der Waals surface area contributed by atoms with E-state index in [0.717, 1.165) is 24.8 Å². The van der Waals surface area contributed by atoms with E-state index in [4.69, 9.17) is 9.47 Å². The van der Waals surface area contributed by atoms with Gasteiger partial charge < -0.3 is 20.1 Å². The minimum Gasteiger partial charge on any atom is -0.485 e. The van der Waals surface area contributed by atoms with Crippen molar-refractivity contribution in [3.63, 3.8) is 0 Å². The number of nitrogens with one attached hydrogen (secondary N) is 2. The van der Waals surface area contributed by atoms with Crippen molar-refractivity contribution < 1.29 is 19.1 Å². The van der Waals surface area contributed by atoms with Gasteiger partial charge in [0.2, 0.25) is 6.10 Å². The number of anilines is 1. The monoisotopic (exact) mass is 386 g/mol. The van der Waals surface area contributed by atoms with Gasteiger partial charge in [-0.1, -0.05) is 19.1 Å². The van der Waals surface area contributed by atoms with Gasteiger partial charge in [0, 0.05) is 11.9 Å². The number of hydrogen-bond acceptors (Lipinski definition) is 5. The molecule has 2 heterocycles. The van der Waals surface area contributed by atoms with E-state index in [1.54, 1.807) is 13.1 Å². The maximum atomic E-state index is 12.8. The average molecular weight is 386 g/mol. The highest BCUT2D eigenvalue weighted by Gasteiger charge is 2.31. The molecule has 2 atom stereocenters. The summed E-state index contributed by atoms with van der Waals surface area (Å²) in [7, 11) is 1.61. The largest absolute Gasteiger partial charge is 0.485 e. The summed E-state index contributed by atoms with van der Waals surface area (Å²) >= 11 is 1.50. The highest BCUT2D eigenvalue weighted by atomic mass is 32.1. The number of para-hydroxylation sites is 2. The Morgan fingerprint density at radius 1 is 1.22 bits per heavy atom. The number of carbonyl (C=O) groups is 2. The Bertz CT molecular complexity index is 892. The molecule has 142 valence electrons. The Morgan fingerprint density at radius 2 is 2.00 bits per heavy atom. The fourth-order valence-electron chi connectivity index (χ4n) is 3.55. The molecule has 7 heteroatoms. The third-order valence-corrected chi connectivity index (χ3v) is 6.17. The first-order valence-electron chi connectivity index (χ1n) is 9.12. The van der Waals surface area contributed by atoms with E-state index >= 15 is 0 Å². The van der Waals surface area contributed by atoms with Gasteiger partial charge in [0.05, 0.1) is 5.56 Å². The molecule has 1 aliphatic heterocycles. The SMILES string of the molecule is CNC(=O)c1c(NC(=O)[C@@H]2COc3ccccc3O2)sc2c1CC[C@@H](C)C2. The zero-order valence-electron chi connectivity index (χ0n) is 15.3. The molecule has 0 bridgehead atoms. The van der Waals surface area contributed by atoms with Gasteiger partial charge in [0.25, 0.3) is 11.8 Å². The molecule has 2 aliphatic rings. The van der Waals surface area contributed by atoms with Crippen LogP contribution in [0.15, 0.2) is 24.3 Å². The molecule has 0 saturated heterocycles. The molecule has 0 spiro atoms. The number of rotatable bonds is 3. The fraction of sp³-hybridized carbons (Fsp3) is 0.400. The number of fused-ring (bicyclic) bond motifs is 2. The van der Waals surface area contributed by atoms with Gasteiger partial charge in [0.1, 0.15) is 11.6 Å². The summed E-state index contributed by atoms with van der Waals surface area (Å²) in [5.74, 6) is 1.30. The van der Waals surface area contributed by atoms with Crippen molar-refractivity contribution in [3.05, 3.63) is 40.3 Å². The van der Waals surface area contributed by atoms with Crippen LogP contribution in [0.1, 0.15) is 34.1 Å². The third kappa shape index (κ3) is 3.39. The third-order valence-electron chi connectivity index (χ3n) is 5.00. The van der Waals surface area contributed by atoms with E-state index in [1.807, 2.05) is 18.2 Å². The lowest BCUT2D eigenvalue weighted by molar-refractivity contribution is -0.125. The molecule has 4 rings (SSSR count). The van der Waals surface area contributed by atoms with Gasteiger partial charge in [0.15, 0.2) is 11.5 Å². The minimum absolute atomic E-state index is 0.139. The predicted molar refractivity (Wildman–Crippen MR) is 104 cm³/mol. The molecule has 1 aromatic carbocycles. The van der Waals surface area contributed by atoms with Crippen molar-refractivity contribution in [2.24, 2.45) is 5.92 Å². The zero-order chi connectivity index (χ0) is 19.0. The summed E-state index contributed by atoms with van der Waals surface area (Å²) in [6.07, 6.45) is 2.10. The summed E-state index contributed by atoms with van der Waals surface area (Å²) in [5, 5.41) is 6.21. The van der Waals surface area contributed by atoms with Crippen LogP contribution in [0.3, 0.4) is 0 Å². The van der Waals surface area contributed by atoms with E-state index in [9.17, 15) is 9.59 Å². The van der Waals surface area contributed by atoms with E-state index < -0.39 is 6.10 Å². The number of thiophene rings is 1. The molecule has 2 amide bonds. The van der Waals surface area contributed by atoms with Crippen LogP contribution >= 0.6 is 11.3 Å². The number of carbonyl (C=O) groups excluding carboxylic acids is 2. The van der Waals surface area contributed by atoms with Gasteiger partial charge in [-0.05, 0) is 42.9 Å². The number of amides is 2. The number of hydrogen-bond donors (Lipinski definition) is 2. The van der Waals surface area contributed by atoms with Crippen LogP contribution in [0.25, 0.3) is 0 Å². The zero-order valence-corrected chi connectivity index (χ0v) is 16.2. The molecule has 2 N–H and O–H groups in total. The van der Waals surface area contributed by atoms with Crippen LogP contribution < -0.4 is 20.1 Å². The molecular weight excluding hydrogens is 364 g/mol. The Hall–Kier alpha value is -2.54. The summed E-state index contributed by atoms with van der Waals surface area (Å²) in [4.78, 5) is 26.4. The van der Waals surface area contributed by atoms with Crippen molar-refractivity contribution in [2.75, 3.05) is 19.0 Å².